The van der Waals surface area contributed by atoms with Crippen LogP contribution in [0.2, 0.25) is 0 Å². The van der Waals surface area contributed by atoms with Gasteiger partial charge in [-0.1, -0.05) is 121 Å². The molecule has 1 aliphatic rings. The number of hydrogen-bond acceptors (Lipinski definition) is 4. The maximum Gasteiger partial charge on any atom is 0.407 e. The van der Waals surface area contributed by atoms with Gasteiger partial charge in [0.05, 0.1) is 6.61 Å². The van der Waals surface area contributed by atoms with E-state index < -0.39 is 6.09 Å². The van der Waals surface area contributed by atoms with E-state index in [1.165, 1.54) is 89.9 Å². The van der Waals surface area contributed by atoms with Crippen LogP contribution in [-0.2, 0) is 9.53 Å². The number of ether oxygens (including phenoxy) is 1. The van der Waals surface area contributed by atoms with E-state index in [2.05, 4.69) is 17.1 Å². The number of rotatable bonds is 25. The van der Waals surface area contributed by atoms with Crippen molar-refractivity contribution >= 4 is 24.1 Å². The molecule has 0 aromatic rings. The third-order valence-corrected chi connectivity index (χ3v) is 8.20. The van der Waals surface area contributed by atoms with Gasteiger partial charge in [0.1, 0.15) is 0 Å². The lowest BCUT2D eigenvalue weighted by atomic mass is 9.88. The molecular weight excluding hydrogens is 510 g/mol. The minimum Gasteiger partial charge on any atom is -0.449 e. The summed E-state index contributed by atoms with van der Waals surface area (Å²) in [6.45, 7) is 4.81. The quantitative estimate of drug-likeness (QED) is 0.0887. The summed E-state index contributed by atoms with van der Waals surface area (Å²) in [4.78, 5) is 28.1. The van der Waals surface area contributed by atoms with Crippen LogP contribution in [0.5, 0.6) is 0 Å². The van der Waals surface area contributed by atoms with E-state index in [1.54, 1.807) is 0 Å². The van der Waals surface area contributed by atoms with Gasteiger partial charge in [0, 0.05) is 30.1 Å². The van der Waals surface area contributed by atoms with Crippen molar-refractivity contribution in [2.24, 2.45) is 5.92 Å². The zero-order valence-electron chi connectivity index (χ0n) is 25.6. The van der Waals surface area contributed by atoms with E-state index in [9.17, 15) is 9.59 Å². The predicted octanol–water partition coefficient (Wildman–Crippen LogP) is 8.29. The van der Waals surface area contributed by atoms with Crippen LogP contribution in [0, 0.1) is 5.92 Å². The van der Waals surface area contributed by atoms with E-state index in [-0.39, 0.29) is 18.6 Å². The monoisotopic (exact) mass is 569 g/mol. The van der Waals surface area contributed by atoms with Gasteiger partial charge in [-0.3, -0.25) is 4.79 Å². The van der Waals surface area contributed by atoms with E-state index >= 15 is 0 Å². The molecule has 0 saturated carbocycles. The average Bonchev–Trinajstić information content (AvgIpc) is 2.92. The summed E-state index contributed by atoms with van der Waals surface area (Å²) in [6, 6.07) is 0.0304. The topological polar surface area (TPSA) is 61.9 Å². The Morgan fingerprint density at radius 1 is 0.897 bits per heavy atom. The van der Waals surface area contributed by atoms with Crippen LogP contribution in [0.25, 0.3) is 0 Å². The van der Waals surface area contributed by atoms with Crippen LogP contribution in [0.4, 0.5) is 4.79 Å². The van der Waals surface area contributed by atoms with Crippen molar-refractivity contribution in [3.8, 4) is 0 Å². The Labute approximate surface area is 245 Å². The second kappa shape index (κ2) is 24.5. The van der Waals surface area contributed by atoms with Crippen molar-refractivity contribution in [1.82, 2.24) is 15.1 Å². The third kappa shape index (κ3) is 19.4. The van der Waals surface area contributed by atoms with E-state index in [0.717, 1.165) is 50.2 Å². The number of unbranched alkanes of at least 4 members (excludes halogenated alkanes) is 15. The number of alkyl carbamates (subject to hydrolysis) is 1. The molecule has 39 heavy (non-hydrogen) atoms. The predicted molar refractivity (Wildman–Crippen MR) is 165 cm³/mol. The van der Waals surface area contributed by atoms with Crippen molar-refractivity contribution in [3.05, 3.63) is 11.1 Å². The Kier molecular flexibility index (Phi) is 22.5. The van der Waals surface area contributed by atoms with Crippen molar-refractivity contribution in [3.63, 3.8) is 0 Å². The smallest absolute Gasteiger partial charge is 0.407 e. The Balaban J connectivity index is 2.14. The molecule has 1 N–H and O–H groups in total. The molecule has 2 atom stereocenters. The second-order valence-electron chi connectivity index (χ2n) is 11.7. The molecule has 0 bridgehead atoms. The first-order valence-electron chi connectivity index (χ1n) is 16.1. The normalized spacial score (nSPS) is 17.2. The summed E-state index contributed by atoms with van der Waals surface area (Å²) in [5, 5.41) is 3.60. The number of nitrogens with one attached hydrogen (secondary N) is 1. The highest BCUT2D eigenvalue weighted by Crippen LogP contribution is 2.30. The molecule has 7 heteroatoms. The maximum absolute atomic E-state index is 12.1. The van der Waals surface area contributed by atoms with Crippen LogP contribution in [0.3, 0.4) is 0 Å². The van der Waals surface area contributed by atoms with Crippen molar-refractivity contribution < 1.29 is 14.3 Å². The maximum atomic E-state index is 12.1. The molecule has 1 rings (SSSR count). The number of nitrogens with zero attached hydrogens (tertiary/aromatic N) is 2. The lowest BCUT2D eigenvalue weighted by molar-refractivity contribution is -0.121. The zero-order valence-corrected chi connectivity index (χ0v) is 26.3. The van der Waals surface area contributed by atoms with Crippen LogP contribution in [0.15, 0.2) is 11.1 Å². The van der Waals surface area contributed by atoms with Gasteiger partial charge in [-0.15, -0.1) is 0 Å². The summed E-state index contributed by atoms with van der Waals surface area (Å²) >= 11 is 6.32. The van der Waals surface area contributed by atoms with Gasteiger partial charge in [0.15, 0.2) is 0 Å². The fraction of sp³-hybridized carbons (Fsp3) is 0.875. The first-order valence-corrected chi connectivity index (χ1v) is 16.5. The highest BCUT2D eigenvalue weighted by atomic mass is 35.5. The molecule has 0 radical (unpaired) electrons. The highest BCUT2D eigenvalue weighted by Gasteiger charge is 2.30. The van der Waals surface area contributed by atoms with Crippen LogP contribution >= 0.6 is 11.6 Å². The number of halogens is 1. The fourth-order valence-electron chi connectivity index (χ4n) is 5.45. The summed E-state index contributed by atoms with van der Waals surface area (Å²) in [7, 11) is 4.02. The summed E-state index contributed by atoms with van der Waals surface area (Å²) in [5.74, 6) is 0.0290. The third-order valence-electron chi connectivity index (χ3n) is 7.89. The summed E-state index contributed by atoms with van der Waals surface area (Å²) in [5.41, 5.74) is 0. The SMILES string of the molecule is CCCCCCCCCCCCCCCCCCN(C=O)C1CC=C(Cl)CC1COC(=O)NCCCN(C)C. The van der Waals surface area contributed by atoms with Crippen LogP contribution < -0.4 is 5.32 Å². The molecule has 0 spiro atoms. The highest BCUT2D eigenvalue weighted by molar-refractivity contribution is 6.29. The largest absolute Gasteiger partial charge is 0.449 e. The van der Waals surface area contributed by atoms with Crippen molar-refractivity contribution in [2.45, 2.75) is 135 Å². The Morgan fingerprint density at radius 2 is 1.44 bits per heavy atom. The molecule has 0 fully saturated rings. The first kappa shape index (κ1) is 35.8. The molecular formula is C32H60ClN3O3. The van der Waals surface area contributed by atoms with Crippen molar-refractivity contribution in [1.29, 1.82) is 0 Å². The van der Waals surface area contributed by atoms with E-state index in [1.807, 2.05) is 25.1 Å². The molecule has 6 nitrogen and oxygen atoms in total. The average molecular weight is 570 g/mol. The zero-order chi connectivity index (χ0) is 28.6. The fourth-order valence-corrected chi connectivity index (χ4v) is 5.73. The van der Waals surface area contributed by atoms with Gasteiger partial charge in [-0.2, -0.15) is 0 Å². The molecule has 0 aromatic heterocycles. The molecule has 0 aliphatic heterocycles. The van der Waals surface area contributed by atoms with Gasteiger partial charge in [-0.05, 0) is 46.3 Å². The van der Waals surface area contributed by atoms with Gasteiger partial charge in [0.2, 0.25) is 6.41 Å². The molecule has 228 valence electrons. The second-order valence-corrected chi connectivity index (χ2v) is 12.2. The van der Waals surface area contributed by atoms with E-state index in [4.69, 9.17) is 16.3 Å². The molecule has 1 aliphatic carbocycles. The minimum atomic E-state index is -0.395. The van der Waals surface area contributed by atoms with Crippen LogP contribution in [-0.4, -0.2) is 68.7 Å². The van der Waals surface area contributed by atoms with Gasteiger partial charge in [0.25, 0.3) is 0 Å². The Hall–Kier alpha value is -1.27. The number of carbonyl (C=O) groups is 2. The lowest BCUT2D eigenvalue weighted by Gasteiger charge is -2.36. The van der Waals surface area contributed by atoms with Gasteiger partial charge >= 0.3 is 6.09 Å². The number of hydrogen-bond donors (Lipinski definition) is 1. The number of allylic oxidation sites excluding steroid dienone is 1. The number of carbonyl (C=O) groups excluding carboxylic acids is 2. The Bertz CT molecular complexity index is 644. The molecule has 2 amide bonds. The minimum absolute atomic E-state index is 0.0290. The Morgan fingerprint density at radius 3 is 1.95 bits per heavy atom. The van der Waals surface area contributed by atoms with Crippen LogP contribution in [0.1, 0.15) is 129 Å². The summed E-state index contributed by atoms with van der Waals surface area (Å²) in [6.07, 6.45) is 26.2. The standard InChI is InChI=1S/C32H60ClN3O3/c1-4-5-6-7-8-9-10-11-12-13-14-15-16-17-18-19-25-36(28-37)31-22-21-30(33)26-29(31)27-39-32(38)34-23-20-24-35(2)3/h21,28-29,31H,4-20,22-27H2,1-3H3,(H,34,38). The lowest BCUT2D eigenvalue weighted by Crippen LogP contribution is -2.44. The van der Waals surface area contributed by atoms with Crippen molar-refractivity contribution in [2.75, 3.05) is 40.3 Å². The molecule has 0 aromatic carbocycles. The number of amides is 2. The van der Waals surface area contributed by atoms with E-state index in [0.29, 0.717) is 13.0 Å². The first-order chi connectivity index (χ1) is 19.0. The van der Waals surface area contributed by atoms with Gasteiger partial charge in [-0.25, -0.2) is 4.79 Å². The molecule has 2 unspecified atom stereocenters. The molecule has 0 heterocycles. The molecule has 0 saturated heterocycles. The van der Waals surface area contributed by atoms with Gasteiger partial charge < -0.3 is 19.9 Å². The summed E-state index contributed by atoms with van der Waals surface area (Å²) < 4.78 is 5.50.